The molecule has 0 aromatic heterocycles. The van der Waals surface area contributed by atoms with Crippen molar-refractivity contribution in [2.75, 3.05) is 0 Å². The predicted molar refractivity (Wildman–Crippen MR) is 91.9 cm³/mol. The van der Waals surface area contributed by atoms with Crippen molar-refractivity contribution in [3.63, 3.8) is 0 Å². The van der Waals surface area contributed by atoms with E-state index in [1.54, 1.807) is 0 Å². The SMILES string of the molecule is Cc1cccc(CC(Br)c2c(C)c(C)cc(C)c2C)c1. The second-order valence-electron chi connectivity index (χ2n) is 5.83. The Morgan fingerprint density at radius 3 is 2.05 bits per heavy atom. The maximum Gasteiger partial charge on any atom is 0.0441 e. The third kappa shape index (κ3) is 3.15. The van der Waals surface area contributed by atoms with E-state index in [9.17, 15) is 0 Å². The van der Waals surface area contributed by atoms with Gasteiger partial charge in [0.1, 0.15) is 0 Å². The quantitative estimate of drug-likeness (QED) is 0.614. The van der Waals surface area contributed by atoms with E-state index in [1.165, 1.54) is 38.9 Å². The van der Waals surface area contributed by atoms with E-state index in [0.717, 1.165) is 6.42 Å². The van der Waals surface area contributed by atoms with E-state index in [0.29, 0.717) is 4.83 Å². The van der Waals surface area contributed by atoms with Crippen molar-refractivity contribution in [3.05, 3.63) is 69.3 Å². The summed E-state index contributed by atoms with van der Waals surface area (Å²) in [6, 6.07) is 11.1. The number of rotatable bonds is 3. The van der Waals surface area contributed by atoms with Crippen molar-refractivity contribution in [2.24, 2.45) is 0 Å². The highest BCUT2D eigenvalue weighted by Gasteiger charge is 2.16. The highest BCUT2D eigenvalue weighted by Crippen LogP contribution is 2.34. The van der Waals surface area contributed by atoms with Crippen LogP contribution < -0.4 is 0 Å². The smallest absolute Gasteiger partial charge is 0.0441 e. The van der Waals surface area contributed by atoms with Gasteiger partial charge in [0.05, 0.1) is 0 Å². The average molecular weight is 331 g/mol. The normalized spacial score (nSPS) is 12.5. The first-order chi connectivity index (χ1) is 9.40. The van der Waals surface area contributed by atoms with Gasteiger partial charge in [-0.2, -0.15) is 0 Å². The molecule has 0 aliphatic heterocycles. The molecule has 0 radical (unpaired) electrons. The monoisotopic (exact) mass is 330 g/mol. The summed E-state index contributed by atoms with van der Waals surface area (Å²) in [5.74, 6) is 0. The Morgan fingerprint density at radius 2 is 1.50 bits per heavy atom. The minimum absolute atomic E-state index is 0.378. The molecule has 1 heteroatoms. The van der Waals surface area contributed by atoms with Crippen LogP contribution in [0.5, 0.6) is 0 Å². The van der Waals surface area contributed by atoms with Crippen molar-refractivity contribution in [2.45, 2.75) is 45.9 Å². The second kappa shape index (κ2) is 6.13. The minimum atomic E-state index is 0.378. The predicted octanol–water partition coefficient (Wildman–Crippen LogP) is 5.91. The number of hydrogen-bond acceptors (Lipinski definition) is 0. The molecular formula is C19H23Br. The molecule has 0 bridgehead atoms. The summed E-state index contributed by atoms with van der Waals surface area (Å²) in [5.41, 5.74) is 9.80. The standard InChI is InChI=1S/C19H23Br/c1-12-7-6-8-17(9-12)11-18(20)19-15(4)13(2)10-14(3)16(19)5/h6-10,18H,11H2,1-5H3. The van der Waals surface area contributed by atoms with Gasteiger partial charge in [0.25, 0.3) is 0 Å². The van der Waals surface area contributed by atoms with Gasteiger partial charge in [-0.3, -0.25) is 0 Å². The van der Waals surface area contributed by atoms with Crippen molar-refractivity contribution >= 4 is 15.9 Å². The van der Waals surface area contributed by atoms with E-state index in [4.69, 9.17) is 0 Å². The first kappa shape index (κ1) is 15.3. The fourth-order valence-corrected chi connectivity index (χ4v) is 3.93. The van der Waals surface area contributed by atoms with Crippen LogP contribution in [-0.2, 0) is 6.42 Å². The molecule has 0 N–H and O–H groups in total. The molecule has 0 spiro atoms. The fourth-order valence-electron chi connectivity index (χ4n) is 2.87. The Morgan fingerprint density at radius 1 is 0.900 bits per heavy atom. The van der Waals surface area contributed by atoms with Gasteiger partial charge in [0.2, 0.25) is 0 Å². The summed E-state index contributed by atoms with van der Waals surface area (Å²) in [7, 11) is 0. The summed E-state index contributed by atoms with van der Waals surface area (Å²) in [6.07, 6.45) is 1.03. The van der Waals surface area contributed by atoms with Gasteiger partial charge in [-0.15, -0.1) is 0 Å². The van der Waals surface area contributed by atoms with E-state index in [2.05, 4.69) is 80.9 Å². The molecule has 0 amide bonds. The van der Waals surface area contributed by atoms with E-state index in [-0.39, 0.29) is 0 Å². The fraction of sp³-hybridized carbons (Fsp3) is 0.368. The maximum atomic E-state index is 3.92. The van der Waals surface area contributed by atoms with Crippen LogP contribution in [-0.4, -0.2) is 0 Å². The Hall–Kier alpha value is -1.08. The lowest BCUT2D eigenvalue weighted by Gasteiger charge is -2.20. The molecule has 0 fully saturated rings. The summed E-state index contributed by atoms with van der Waals surface area (Å²) < 4.78 is 0. The van der Waals surface area contributed by atoms with Gasteiger partial charge >= 0.3 is 0 Å². The number of benzene rings is 2. The Labute approximate surface area is 131 Å². The van der Waals surface area contributed by atoms with Gasteiger partial charge in [-0.05, 0) is 74.4 Å². The molecule has 0 saturated carbocycles. The third-order valence-electron chi connectivity index (χ3n) is 4.23. The average Bonchev–Trinajstić information content (AvgIpc) is 2.36. The Kier molecular flexibility index (Phi) is 4.70. The lowest BCUT2D eigenvalue weighted by atomic mass is 9.90. The van der Waals surface area contributed by atoms with Crippen molar-refractivity contribution in [3.8, 4) is 0 Å². The van der Waals surface area contributed by atoms with Crippen molar-refractivity contribution in [1.82, 2.24) is 0 Å². The van der Waals surface area contributed by atoms with Crippen LogP contribution in [0.1, 0.15) is 43.8 Å². The zero-order valence-electron chi connectivity index (χ0n) is 13.0. The van der Waals surface area contributed by atoms with Gasteiger partial charge < -0.3 is 0 Å². The van der Waals surface area contributed by atoms with Crippen LogP contribution >= 0.6 is 15.9 Å². The Balaban J connectivity index is 2.37. The molecule has 2 rings (SSSR count). The lowest BCUT2D eigenvalue weighted by molar-refractivity contribution is 0.917. The van der Waals surface area contributed by atoms with E-state index in [1.807, 2.05) is 0 Å². The molecule has 0 heterocycles. The number of aryl methyl sites for hydroxylation is 3. The molecule has 0 aliphatic carbocycles. The van der Waals surface area contributed by atoms with Crippen LogP contribution in [0.25, 0.3) is 0 Å². The first-order valence-electron chi connectivity index (χ1n) is 7.17. The highest BCUT2D eigenvalue weighted by atomic mass is 79.9. The molecule has 1 atom stereocenters. The summed E-state index contributed by atoms with van der Waals surface area (Å²) in [4.78, 5) is 0.378. The Bertz CT molecular complexity index is 600. The van der Waals surface area contributed by atoms with Crippen LogP contribution in [0.4, 0.5) is 0 Å². The number of hydrogen-bond donors (Lipinski definition) is 0. The molecule has 0 aliphatic rings. The molecular weight excluding hydrogens is 308 g/mol. The first-order valence-corrected chi connectivity index (χ1v) is 8.08. The summed E-state index contributed by atoms with van der Waals surface area (Å²) in [6.45, 7) is 11.0. The van der Waals surface area contributed by atoms with Crippen LogP contribution in [0.2, 0.25) is 0 Å². The minimum Gasteiger partial charge on any atom is -0.0835 e. The van der Waals surface area contributed by atoms with Gasteiger partial charge in [-0.1, -0.05) is 51.8 Å². The van der Waals surface area contributed by atoms with Gasteiger partial charge in [0.15, 0.2) is 0 Å². The van der Waals surface area contributed by atoms with E-state index >= 15 is 0 Å². The zero-order chi connectivity index (χ0) is 14.9. The largest absolute Gasteiger partial charge is 0.0835 e. The van der Waals surface area contributed by atoms with Crippen molar-refractivity contribution < 1.29 is 0 Å². The molecule has 1 unspecified atom stereocenters. The van der Waals surface area contributed by atoms with Crippen molar-refractivity contribution in [1.29, 1.82) is 0 Å². The molecule has 2 aromatic rings. The number of halogens is 1. The van der Waals surface area contributed by atoms with Crippen LogP contribution in [0, 0.1) is 34.6 Å². The van der Waals surface area contributed by atoms with E-state index < -0.39 is 0 Å². The third-order valence-corrected chi connectivity index (χ3v) is 5.02. The molecule has 0 saturated heterocycles. The van der Waals surface area contributed by atoms with Gasteiger partial charge in [-0.25, -0.2) is 0 Å². The molecule has 106 valence electrons. The summed E-state index contributed by atoms with van der Waals surface area (Å²) in [5, 5.41) is 0. The topological polar surface area (TPSA) is 0 Å². The zero-order valence-corrected chi connectivity index (χ0v) is 14.6. The maximum absolute atomic E-state index is 3.92. The second-order valence-corrected chi connectivity index (χ2v) is 6.94. The van der Waals surface area contributed by atoms with Crippen LogP contribution in [0.3, 0.4) is 0 Å². The van der Waals surface area contributed by atoms with Gasteiger partial charge in [0, 0.05) is 4.83 Å². The lowest BCUT2D eigenvalue weighted by Crippen LogP contribution is -2.04. The summed E-state index contributed by atoms with van der Waals surface area (Å²) >= 11 is 3.92. The molecule has 20 heavy (non-hydrogen) atoms. The number of alkyl halides is 1. The highest BCUT2D eigenvalue weighted by molar-refractivity contribution is 9.09. The molecule has 2 aromatic carbocycles. The van der Waals surface area contributed by atoms with Crippen LogP contribution in [0.15, 0.2) is 30.3 Å². The molecule has 0 nitrogen and oxygen atoms in total.